The molecule has 0 unspecified atom stereocenters. The lowest BCUT2D eigenvalue weighted by Crippen LogP contribution is -1.92. The lowest BCUT2D eigenvalue weighted by Gasteiger charge is -2.09. The predicted molar refractivity (Wildman–Crippen MR) is 67.3 cm³/mol. The second kappa shape index (κ2) is 4.27. The topological polar surface area (TPSA) is 32.3 Å². The summed E-state index contributed by atoms with van der Waals surface area (Å²) in [6.45, 7) is 4.16. The van der Waals surface area contributed by atoms with Crippen LogP contribution in [0.5, 0.6) is 5.75 Å². The van der Waals surface area contributed by atoms with Gasteiger partial charge in [-0.3, -0.25) is 0 Å². The Morgan fingerprint density at radius 2 is 1.69 bits per heavy atom. The maximum absolute atomic E-state index is 9.63. The lowest BCUT2D eigenvalue weighted by molar-refractivity contribution is 0.478. The number of hydrogen-bond acceptors (Lipinski definition) is 2. The number of phenols is 1. The first-order chi connectivity index (χ1) is 7.66. The Morgan fingerprint density at radius 1 is 0.938 bits per heavy atom. The monoisotopic (exact) mass is 213 g/mol. The van der Waals surface area contributed by atoms with E-state index in [4.69, 9.17) is 0 Å². The fourth-order valence-corrected chi connectivity index (χ4v) is 1.55. The van der Waals surface area contributed by atoms with E-state index in [0.717, 1.165) is 11.4 Å². The van der Waals surface area contributed by atoms with Gasteiger partial charge in [0.25, 0.3) is 0 Å². The van der Waals surface area contributed by atoms with Gasteiger partial charge in [0.15, 0.2) is 0 Å². The summed E-state index contributed by atoms with van der Waals surface area (Å²) >= 11 is 0. The molecule has 2 nitrogen and oxygen atoms in total. The van der Waals surface area contributed by atoms with E-state index >= 15 is 0 Å². The zero-order valence-corrected chi connectivity index (χ0v) is 9.49. The maximum atomic E-state index is 9.63. The van der Waals surface area contributed by atoms with E-state index in [1.54, 1.807) is 12.1 Å². The summed E-state index contributed by atoms with van der Waals surface area (Å²) in [5.41, 5.74) is 4.22. The summed E-state index contributed by atoms with van der Waals surface area (Å²) in [6.07, 6.45) is 0. The van der Waals surface area contributed by atoms with Gasteiger partial charge in [-0.15, -0.1) is 0 Å². The first-order valence-electron chi connectivity index (χ1n) is 5.29. The number of aromatic hydroxyl groups is 1. The molecule has 2 aromatic carbocycles. The van der Waals surface area contributed by atoms with Crippen LogP contribution >= 0.6 is 0 Å². The van der Waals surface area contributed by atoms with Gasteiger partial charge in [0.05, 0.1) is 5.69 Å². The third kappa shape index (κ3) is 2.16. The van der Waals surface area contributed by atoms with E-state index in [-0.39, 0.29) is 5.75 Å². The largest absolute Gasteiger partial charge is 0.506 e. The van der Waals surface area contributed by atoms with Gasteiger partial charge in [-0.2, -0.15) is 0 Å². The van der Waals surface area contributed by atoms with Crippen LogP contribution in [0.2, 0.25) is 0 Å². The summed E-state index contributed by atoms with van der Waals surface area (Å²) in [5.74, 6) is 0.265. The van der Waals surface area contributed by atoms with Crippen molar-refractivity contribution in [3.05, 3.63) is 53.6 Å². The molecule has 0 amide bonds. The molecule has 0 spiro atoms. The number of nitrogens with one attached hydrogen (secondary N) is 1. The molecule has 0 aliphatic heterocycles. The zero-order chi connectivity index (χ0) is 11.5. The minimum Gasteiger partial charge on any atom is -0.506 e. The van der Waals surface area contributed by atoms with Gasteiger partial charge in [-0.05, 0) is 49.2 Å². The van der Waals surface area contributed by atoms with Crippen molar-refractivity contribution in [3.8, 4) is 5.75 Å². The molecule has 2 N–H and O–H groups in total. The van der Waals surface area contributed by atoms with Crippen LogP contribution in [0.25, 0.3) is 0 Å². The Kier molecular flexibility index (Phi) is 2.82. The molecule has 0 heterocycles. The summed E-state index contributed by atoms with van der Waals surface area (Å²) in [5, 5.41) is 12.8. The molecular formula is C14H15NO. The normalized spacial score (nSPS) is 10.1. The average Bonchev–Trinajstić information content (AvgIpc) is 2.27. The molecule has 0 fully saturated rings. The second-order valence-electron chi connectivity index (χ2n) is 3.94. The van der Waals surface area contributed by atoms with Gasteiger partial charge < -0.3 is 10.4 Å². The summed E-state index contributed by atoms with van der Waals surface area (Å²) < 4.78 is 0. The second-order valence-corrected chi connectivity index (χ2v) is 3.94. The molecule has 0 saturated heterocycles. The van der Waals surface area contributed by atoms with Gasteiger partial charge in [-0.25, -0.2) is 0 Å². The Bertz CT molecular complexity index is 506. The summed E-state index contributed by atoms with van der Waals surface area (Å²) in [4.78, 5) is 0. The van der Waals surface area contributed by atoms with Crippen molar-refractivity contribution in [2.24, 2.45) is 0 Å². The molecule has 0 saturated carbocycles. The van der Waals surface area contributed by atoms with Crippen molar-refractivity contribution in [1.82, 2.24) is 0 Å². The highest BCUT2D eigenvalue weighted by Crippen LogP contribution is 2.26. The summed E-state index contributed by atoms with van der Waals surface area (Å²) in [6, 6.07) is 13.4. The number of benzene rings is 2. The van der Waals surface area contributed by atoms with Gasteiger partial charge in [-0.1, -0.05) is 18.2 Å². The zero-order valence-electron chi connectivity index (χ0n) is 9.49. The van der Waals surface area contributed by atoms with Gasteiger partial charge in [0.1, 0.15) is 5.75 Å². The van der Waals surface area contributed by atoms with E-state index < -0.39 is 0 Å². The van der Waals surface area contributed by atoms with Crippen molar-refractivity contribution in [1.29, 1.82) is 0 Å². The number of phenolic OH excluding ortho intramolecular Hbond substituents is 1. The number of hydrogen-bond donors (Lipinski definition) is 2. The average molecular weight is 213 g/mol. The molecule has 0 aliphatic carbocycles. The van der Waals surface area contributed by atoms with Crippen molar-refractivity contribution in [2.75, 3.05) is 5.32 Å². The SMILES string of the molecule is Cc1ccc(Nc2ccccc2O)cc1C. The van der Waals surface area contributed by atoms with E-state index in [1.807, 2.05) is 18.2 Å². The predicted octanol–water partition coefficient (Wildman–Crippen LogP) is 3.75. The highest BCUT2D eigenvalue weighted by molar-refractivity contribution is 5.66. The molecular weight excluding hydrogens is 198 g/mol. The van der Waals surface area contributed by atoms with Crippen LogP contribution < -0.4 is 5.32 Å². The standard InChI is InChI=1S/C14H15NO/c1-10-7-8-12(9-11(10)2)15-13-5-3-4-6-14(13)16/h3-9,15-16H,1-2H3. The first kappa shape index (κ1) is 10.6. The maximum Gasteiger partial charge on any atom is 0.139 e. The van der Waals surface area contributed by atoms with Crippen LogP contribution in [0.4, 0.5) is 11.4 Å². The molecule has 82 valence electrons. The fraction of sp³-hybridized carbons (Fsp3) is 0.143. The molecule has 2 rings (SSSR count). The minimum atomic E-state index is 0.265. The highest BCUT2D eigenvalue weighted by atomic mass is 16.3. The lowest BCUT2D eigenvalue weighted by atomic mass is 10.1. The van der Waals surface area contributed by atoms with Crippen LogP contribution in [-0.2, 0) is 0 Å². The number of para-hydroxylation sites is 2. The van der Waals surface area contributed by atoms with E-state index in [9.17, 15) is 5.11 Å². The smallest absolute Gasteiger partial charge is 0.139 e. The van der Waals surface area contributed by atoms with Gasteiger partial charge >= 0.3 is 0 Å². The fourth-order valence-electron chi connectivity index (χ4n) is 1.55. The van der Waals surface area contributed by atoms with Crippen LogP contribution in [0.1, 0.15) is 11.1 Å². The Labute approximate surface area is 95.6 Å². The van der Waals surface area contributed by atoms with Gasteiger partial charge in [0, 0.05) is 5.69 Å². The van der Waals surface area contributed by atoms with E-state index in [1.165, 1.54) is 11.1 Å². The van der Waals surface area contributed by atoms with Crippen LogP contribution in [0.3, 0.4) is 0 Å². The molecule has 2 heteroatoms. The van der Waals surface area contributed by atoms with Crippen molar-refractivity contribution in [3.63, 3.8) is 0 Å². The Morgan fingerprint density at radius 3 is 2.38 bits per heavy atom. The quantitative estimate of drug-likeness (QED) is 0.744. The minimum absolute atomic E-state index is 0.265. The van der Waals surface area contributed by atoms with Crippen LogP contribution in [0, 0.1) is 13.8 Å². The first-order valence-corrected chi connectivity index (χ1v) is 5.29. The van der Waals surface area contributed by atoms with E-state index in [0.29, 0.717) is 0 Å². The third-order valence-electron chi connectivity index (χ3n) is 2.69. The highest BCUT2D eigenvalue weighted by Gasteiger charge is 2.00. The van der Waals surface area contributed by atoms with Crippen molar-refractivity contribution < 1.29 is 5.11 Å². The number of aryl methyl sites for hydroxylation is 2. The third-order valence-corrected chi connectivity index (χ3v) is 2.69. The molecule has 0 aliphatic rings. The van der Waals surface area contributed by atoms with E-state index in [2.05, 4.69) is 31.3 Å². The van der Waals surface area contributed by atoms with Gasteiger partial charge in [0.2, 0.25) is 0 Å². The Hall–Kier alpha value is -1.96. The van der Waals surface area contributed by atoms with Crippen LogP contribution in [-0.4, -0.2) is 5.11 Å². The van der Waals surface area contributed by atoms with Crippen LogP contribution in [0.15, 0.2) is 42.5 Å². The Balaban J connectivity index is 2.28. The molecule has 0 atom stereocenters. The summed E-state index contributed by atoms with van der Waals surface area (Å²) in [7, 11) is 0. The molecule has 0 radical (unpaired) electrons. The van der Waals surface area contributed by atoms with Crippen molar-refractivity contribution in [2.45, 2.75) is 13.8 Å². The molecule has 0 bridgehead atoms. The number of rotatable bonds is 2. The molecule has 2 aromatic rings. The molecule has 0 aromatic heterocycles. The number of anilines is 2. The van der Waals surface area contributed by atoms with Crippen molar-refractivity contribution >= 4 is 11.4 Å². The molecule has 16 heavy (non-hydrogen) atoms.